The first kappa shape index (κ1) is 21.0. The molecule has 0 saturated carbocycles. The molecule has 1 aromatic heterocycles. The van der Waals surface area contributed by atoms with Gasteiger partial charge in [0.1, 0.15) is 5.82 Å². The van der Waals surface area contributed by atoms with E-state index in [9.17, 15) is 4.39 Å². The molecule has 0 atom stereocenters. The maximum absolute atomic E-state index is 13.2. The summed E-state index contributed by atoms with van der Waals surface area (Å²) in [5, 5.41) is 2.42. The summed E-state index contributed by atoms with van der Waals surface area (Å²) in [7, 11) is 0. The second-order valence-electron chi connectivity index (χ2n) is 8.68. The Kier molecular flexibility index (Phi) is 5.40. The predicted molar refractivity (Wildman–Crippen MR) is 143 cm³/mol. The molecule has 166 valence electrons. The average molecular weight is 452 g/mol. The van der Waals surface area contributed by atoms with Gasteiger partial charge in [0, 0.05) is 12.4 Å². The second-order valence-corrected chi connectivity index (χ2v) is 8.68. The van der Waals surface area contributed by atoms with E-state index in [0.717, 1.165) is 27.8 Å². The lowest BCUT2D eigenvalue weighted by Crippen LogP contribution is -1.84. The zero-order valence-corrected chi connectivity index (χ0v) is 19.0. The summed E-state index contributed by atoms with van der Waals surface area (Å²) in [4.78, 5) is 4.22. The van der Waals surface area contributed by atoms with Crippen LogP contribution in [0.5, 0.6) is 0 Å². The lowest BCUT2D eigenvalue weighted by atomic mass is 9.96. The Labute approximate surface area is 204 Å². The summed E-state index contributed by atoms with van der Waals surface area (Å²) in [5.74, 6) is -0.217. The van der Waals surface area contributed by atoms with E-state index in [0.29, 0.717) is 0 Å². The monoisotopic (exact) mass is 451 g/mol. The maximum atomic E-state index is 13.2. The quantitative estimate of drug-likeness (QED) is 0.260. The molecule has 0 aliphatic rings. The fourth-order valence-corrected chi connectivity index (χ4v) is 4.49. The van der Waals surface area contributed by atoms with Crippen LogP contribution >= 0.6 is 0 Å². The number of benzene rings is 5. The lowest BCUT2D eigenvalue weighted by molar-refractivity contribution is 0.628. The largest absolute Gasteiger partial charge is 0.264 e. The van der Waals surface area contributed by atoms with Gasteiger partial charge in [0.25, 0.3) is 0 Å². The van der Waals surface area contributed by atoms with Crippen molar-refractivity contribution in [2.24, 2.45) is 0 Å². The maximum Gasteiger partial charge on any atom is 0.123 e. The minimum atomic E-state index is -0.217. The van der Waals surface area contributed by atoms with E-state index in [2.05, 4.69) is 96.0 Å². The summed E-state index contributed by atoms with van der Waals surface area (Å²) in [6, 6.07) is 40.9. The van der Waals surface area contributed by atoms with Crippen molar-refractivity contribution in [2.45, 2.75) is 0 Å². The molecule has 1 nitrogen and oxygen atoms in total. The smallest absolute Gasteiger partial charge is 0.123 e. The van der Waals surface area contributed by atoms with Crippen molar-refractivity contribution in [1.29, 1.82) is 0 Å². The molecule has 0 bridgehead atoms. The third kappa shape index (κ3) is 4.34. The first-order chi connectivity index (χ1) is 17.2. The normalized spacial score (nSPS) is 11.0. The van der Waals surface area contributed by atoms with Crippen LogP contribution in [0.3, 0.4) is 0 Å². The molecule has 0 amide bonds. The van der Waals surface area contributed by atoms with E-state index < -0.39 is 0 Å². The van der Waals surface area contributed by atoms with Gasteiger partial charge in [-0.1, -0.05) is 91.0 Å². The van der Waals surface area contributed by atoms with Crippen LogP contribution in [-0.4, -0.2) is 4.98 Å². The van der Waals surface area contributed by atoms with E-state index in [-0.39, 0.29) is 5.82 Å². The second kappa shape index (κ2) is 9.00. The lowest BCUT2D eigenvalue weighted by Gasteiger charge is -2.09. The molecule has 0 spiro atoms. The summed E-state index contributed by atoms with van der Waals surface area (Å²) in [5.41, 5.74) is 9.08. The molecule has 0 radical (unpaired) electrons. The van der Waals surface area contributed by atoms with Gasteiger partial charge in [0.05, 0.1) is 0 Å². The molecule has 0 aliphatic heterocycles. The van der Waals surface area contributed by atoms with Crippen molar-refractivity contribution in [3.63, 3.8) is 0 Å². The third-order valence-electron chi connectivity index (χ3n) is 6.45. The summed E-state index contributed by atoms with van der Waals surface area (Å²) in [6.45, 7) is 0. The summed E-state index contributed by atoms with van der Waals surface area (Å²) < 4.78 is 13.2. The number of nitrogens with zero attached hydrogens (tertiary/aromatic N) is 1. The molecule has 0 saturated heterocycles. The molecule has 0 unspecified atom stereocenters. The van der Waals surface area contributed by atoms with Crippen LogP contribution in [0, 0.1) is 5.82 Å². The van der Waals surface area contributed by atoms with Crippen LogP contribution in [0.25, 0.3) is 55.3 Å². The highest BCUT2D eigenvalue weighted by Gasteiger charge is 2.05. The Morgan fingerprint density at radius 3 is 1.31 bits per heavy atom. The zero-order chi connectivity index (χ0) is 23.6. The van der Waals surface area contributed by atoms with Gasteiger partial charge >= 0.3 is 0 Å². The van der Waals surface area contributed by atoms with Gasteiger partial charge in [0.15, 0.2) is 0 Å². The number of pyridine rings is 1. The molecule has 2 heteroatoms. The van der Waals surface area contributed by atoms with Crippen LogP contribution in [0.4, 0.5) is 4.39 Å². The van der Waals surface area contributed by atoms with E-state index in [4.69, 9.17) is 0 Å². The highest BCUT2D eigenvalue weighted by molar-refractivity contribution is 5.91. The van der Waals surface area contributed by atoms with E-state index in [1.54, 1.807) is 6.20 Å². The molecule has 1 heterocycles. The number of hydrogen-bond acceptors (Lipinski definition) is 1. The van der Waals surface area contributed by atoms with Crippen molar-refractivity contribution in [1.82, 2.24) is 4.98 Å². The van der Waals surface area contributed by atoms with E-state index in [1.165, 1.54) is 39.6 Å². The average Bonchev–Trinajstić information content (AvgIpc) is 2.93. The number of halogens is 1. The van der Waals surface area contributed by atoms with Crippen LogP contribution in [0.1, 0.15) is 0 Å². The summed E-state index contributed by atoms with van der Waals surface area (Å²) in [6.07, 6.45) is 3.68. The first-order valence-electron chi connectivity index (χ1n) is 11.6. The topological polar surface area (TPSA) is 12.9 Å². The predicted octanol–water partition coefficient (Wildman–Crippen LogP) is 9.04. The van der Waals surface area contributed by atoms with Crippen molar-refractivity contribution in [2.75, 3.05) is 0 Å². The molecule has 0 aliphatic carbocycles. The first-order valence-corrected chi connectivity index (χ1v) is 11.6. The van der Waals surface area contributed by atoms with E-state index in [1.807, 2.05) is 24.4 Å². The van der Waals surface area contributed by atoms with Crippen LogP contribution in [-0.2, 0) is 0 Å². The molecular formula is C33H22FN. The van der Waals surface area contributed by atoms with Crippen LogP contribution in [0.2, 0.25) is 0 Å². The molecule has 5 aromatic carbocycles. The van der Waals surface area contributed by atoms with E-state index >= 15 is 0 Å². The van der Waals surface area contributed by atoms with Gasteiger partial charge in [-0.15, -0.1) is 0 Å². The van der Waals surface area contributed by atoms with Gasteiger partial charge < -0.3 is 0 Å². The van der Waals surface area contributed by atoms with Crippen LogP contribution < -0.4 is 0 Å². The van der Waals surface area contributed by atoms with Gasteiger partial charge in [-0.25, -0.2) is 4.39 Å². The molecule has 0 fully saturated rings. The zero-order valence-electron chi connectivity index (χ0n) is 19.0. The van der Waals surface area contributed by atoms with Gasteiger partial charge in [-0.3, -0.25) is 4.98 Å². The minimum Gasteiger partial charge on any atom is -0.264 e. The van der Waals surface area contributed by atoms with Gasteiger partial charge in [0.2, 0.25) is 0 Å². The molecule has 6 rings (SSSR count). The van der Waals surface area contributed by atoms with Crippen molar-refractivity contribution < 1.29 is 4.39 Å². The molecule has 35 heavy (non-hydrogen) atoms. The molecular weight excluding hydrogens is 429 g/mol. The Hall–Kier alpha value is -4.56. The number of hydrogen-bond donors (Lipinski definition) is 0. The minimum absolute atomic E-state index is 0.217. The standard InChI is InChI=1S/C33H22FN/c34-33-17-15-24(16-18-33)23-3-5-25(6-4-23)29-13-11-28-12-14-30(21-32(28)20-29)26-7-9-27(10-8-26)31-2-1-19-35-22-31/h1-22H. The highest BCUT2D eigenvalue weighted by Crippen LogP contribution is 2.31. The molecule has 6 aromatic rings. The van der Waals surface area contributed by atoms with Crippen molar-refractivity contribution >= 4 is 10.8 Å². The van der Waals surface area contributed by atoms with Crippen LogP contribution in [0.15, 0.2) is 134 Å². The fourth-order valence-electron chi connectivity index (χ4n) is 4.49. The summed E-state index contributed by atoms with van der Waals surface area (Å²) >= 11 is 0. The Morgan fingerprint density at radius 1 is 0.400 bits per heavy atom. The van der Waals surface area contributed by atoms with Crippen molar-refractivity contribution in [3.8, 4) is 44.5 Å². The number of rotatable bonds is 4. The Balaban J connectivity index is 1.30. The van der Waals surface area contributed by atoms with Crippen molar-refractivity contribution in [3.05, 3.63) is 140 Å². The van der Waals surface area contributed by atoms with Gasteiger partial charge in [-0.05, 0) is 85.6 Å². The fraction of sp³-hybridized carbons (Fsp3) is 0. The third-order valence-corrected chi connectivity index (χ3v) is 6.45. The number of fused-ring (bicyclic) bond motifs is 1. The SMILES string of the molecule is Fc1ccc(-c2ccc(-c3ccc4ccc(-c5ccc(-c6cccnc6)cc5)cc4c3)cc2)cc1. The Morgan fingerprint density at radius 2 is 0.829 bits per heavy atom. The number of aromatic nitrogens is 1. The highest BCUT2D eigenvalue weighted by atomic mass is 19.1. The Bertz CT molecular complexity index is 1600. The molecule has 0 N–H and O–H groups in total. The van der Waals surface area contributed by atoms with Gasteiger partial charge in [-0.2, -0.15) is 0 Å².